The number of aliphatic hydroxyl groups excluding tert-OH is 1. The first-order chi connectivity index (χ1) is 7.99. The van der Waals surface area contributed by atoms with E-state index in [9.17, 15) is 5.11 Å². The maximum atomic E-state index is 10.4. The van der Waals surface area contributed by atoms with E-state index in [0.29, 0.717) is 0 Å². The summed E-state index contributed by atoms with van der Waals surface area (Å²) in [7, 11) is 0. The molecule has 1 atom stereocenters. The molecule has 1 unspecified atom stereocenters. The normalized spacial score (nSPS) is 12.8. The molecule has 90 valence electrons. The molecular weight excluding hydrogens is 432 g/mol. The van der Waals surface area contributed by atoms with Crippen LogP contribution in [-0.4, -0.2) is 5.11 Å². The van der Waals surface area contributed by atoms with E-state index in [1.54, 1.807) is 11.3 Å². The van der Waals surface area contributed by atoms with Gasteiger partial charge in [-0.2, -0.15) is 0 Å². The van der Waals surface area contributed by atoms with Crippen LogP contribution in [0.2, 0.25) is 0 Å². The van der Waals surface area contributed by atoms with E-state index in [0.717, 1.165) is 28.7 Å². The van der Waals surface area contributed by atoms with Gasteiger partial charge in [0.15, 0.2) is 0 Å². The van der Waals surface area contributed by atoms with Gasteiger partial charge in [-0.3, -0.25) is 0 Å². The molecule has 2 aromatic rings. The Bertz CT molecular complexity index is 551. The van der Waals surface area contributed by atoms with Gasteiger partial charge in [-0.05, 0) is 52.2 Å². The monoisotopic (exact) mass is 438 g/mol. The Morgan fingerprint density at radius 2 is 1.82 bits per heavy atom. The first-order valence-electron chi connectivity index (χ1n) is 4.88. The minimum absolute atomic E-state index is 0.597. The van der Waals surface area contributed by atoms with E-state index < -0.39 is 6.10 Å². The fourth-order valence-corrected chi connectivity index (χ4v) is 4.63. The number of halogens is 3. The topological polar surface area (TPSA) is 20.2 Å². The summed E-state index contributed by atoms with van der Waals surface area (Å²) >= 11 is 12.0. The van der Waals surface area contributed by atoms with Crippen molar-refractivity contribution < 1.29 is 5.11 Å². The molecular formula is C12H9Br3OS. The van der Waals surface area contributed by atoms with Gasteiger partial charge in [0.25, 0.3) is 0 Å². The molecule has 17 heavy (non-hydrogen) atoms. The van der Waals surface area contributed by atoms with Gasteiger partial charge >= 0.3 is 0 Å². The molecule has 1 heterocycles. The Balaban J connectivity index is 2.43. The lowest BCUT2D eigenvalue weighted by Gasteiger charge is -2.13. The summed E-state index contributed by atoms with van der Waals surface area (Å²) in [6.07, 6.45) is -0.597. The van der Waals surface area contributed by atoms with Crippen molar-refractivity contribution in [3.8, 4) is 0 Å². The molecule has 1 aromatic carbocycles. The van der Waals surface area contributed by atoms with Crippen molar-refractivity contribution in [3.05, 3.63) is 53.0 Å². The van der Waals surface area contributed by atoms with Crippen molar-refractivity contribution in [2.45, 2.75) is 13.0 Å². The molecule has 0 saturated carbocycles. The van der Waals surface area contributed by atoms with E-state index in [4.69, 9.17) is 0 Å². The zero-order valence-electron chi connectivity index (χ0n) is 8.88. The van der Waals surface area contributed by atoms with Crippen LogP contribution in [0.25, 0.3) is 0 Å². The standard InChI is InChI=1S/C12H9Br3OS/c1-6-9(5-11(15)17-6)12(16)8-3-2-7(13)4-10(8)14/h2-5,12,16H,1H3. The van der Waals surface area contributed by atoms with Gasteiger partial charge in [0.05, 0.1) is 3.79 Å². The van der Waals surface area contributed by atoms with Crippen LogP contribution in [0, 0.1) is 6.92 Å². The van der Waals surface area contributed by atoms with Gasteiger partial charge in [-0.25, -0.2) is 0 Å². The minimum Gasteiger partial charge on any atom is -0.384 e. The maximum absolute atomic E-state index is 10.4. The molecule has 0 amide bonds. The number of aryl methyl sites for hydroxylation is 1. The van der Waals surface area contributed by atoms with Gasteiger partial charge in [0.1, 0.15) is 6.10 Å². The van der Waals surface area contributed by atoms with Crippen LogP contribution >= 0.6 is 59.1 Å². The predicted molar refractivity (Wildman–Crippen MR) is 82.7 cm³/mol. The van der Waals surface area contributed by atoms with Gasteiger partial charge in [-0.1, -0.05) is 37.9 Å². The second kappa shape index (κ2) is 5.53. The summed E-state index contributed by atoms with van der Waals surface area (Å²) in [4.78, 5) is 1.12. The molecule has 1 N–H and O–H groups in total. The largest absolute Gasteiger partial charge is 0.384 e. The molecule has 0 saturated heterocycles. The number of thiophene rings is 1. The zero-order valence-corrected chi connectivity index (χ0v) is 14.5. The third kappa shape index (κ3) is 3.01. The van der Waals surface area contributed by atoms with Crippen LogP contribution in [0.4, 0.5) is 0 Å². The average Bonchev–Trinajstić information content (AvgIpc) is 2.57. The average molecular weight is 441 g/mol. The molecule has 0 radical (unpaired) electrons. The third-order valence-corrected chi connectivity index (χ3v) is 5.23. The molecule has 0 bridgehead atoms. The van der Waals surface area contributed by atoms with E-state index >= 15 is 0 Å². The fourth-order valence-electron chi connectivity index (χ4n) is 1.62. The summed E-state index contributed by atoms with van der Waals surface area (Å²) < 4.78 is 2.93. The Labute approximate surface area is 129 Å². The van der Waals surface area contributed by atoms with Gasteiger partial charge in [0.2, 0.25) is 0 Å². The van der Waals surface area contributed by atoms with Crippen molar-refractivity contribution >= 4 is 59.1 Å². The lowest BCUT2D eigenvalue weighted by molar-refractivity contribution is 0.219. The fraction of sp³-hybridized carbons (Fsp3) is 0.167. The molecule has 0 aliphatic rings. The van der Waals surface area contributed by atoms with Crippen LogP contribution in [-0.2, 0) is 0 Å². The van der Waals surface area contributed by atoms with Crippen LogP contribution < -0.4 is 0 Å². The molecule has 0 spiro atoms. The molecule has 1 nitrogen and oxygen atoms in total. The number of hydrogen-bond acceptors (Lipinski definition) is 2. The van der Waals surface area contributed by atoms with Crippen molar-refractivity contribution in [3.63, 3.8) is 0 Å². The molecule has 0 fully saturated rings. The Kier molecular flexibility index (Phi) is 4.47. The van der Waals surface area contributed by atoms with E-state index in [-0.39, 0.29) is 0 Å². The lowest BCUT2D eigenvalue weighted by Crippen LogP contribution is -2.00. The molecule has 0 aliphatic carbocycles. The molecule has 1 aromatic heterocycles. The highest BCUT2D eigenvalue weighted by atomic mass is 79.9. The van der Waals surface area contributed by atoms with Crippen molar-refractivity contribution in [2.24, 2.45) is 0 Å². The quantitative estimate of drug-likeness (QED) is 0.660. The lowest BCUT2D eigenvalue weighted by atomic mass is 10.0. The molecule has 2 rings (SSSR count). The Morgan fingerprint density at radius 3 is 2.35 bits per heavy atom. The van der Waals surface area contributed by atoms with Crippen molar-refractivity contribution in [1.29, 1.82) is 0 Å². The highest BCUT2D eigenvalue weighted by Crippen LogP contribution is 2.36. The highest BCUT2D eigenvalue weighted by molar-refractivity contribution is 9.11. The summed E-state index contributed by atoms with van der Waals surface area (Å²) in [5, 5.41) is 10.4. The van der Waals surface area contributed by atoms with Gasteiger partial charge < -0.3 is 5.11 Å². The first-order valence-corrected chi connectivity index (χ1v) is 8.07. The predicted octanol–water partition coefficient (Wildman–Crippen LogP) is 5.43. The molecule has 5 heteroatoms. The second-order valence-corrected chi connectivity index (χ2v) is 8.04. The maximum Gasteiger partial charge on any atom is 0.106 e. The van der Waals surface area contributed by atoms with E-state index in [2.05, 4.69) is 47.8 Å². The molecule has 0 aliphatic heterocycles. The zero-order chi connectivity index (χ0) is 12.6. The summed E-state index contributed by atoms with van der Waals surface area (Å²) in [5.41, 5.74) is 1.83. The highest BCUT2D eigenvalue weighted by Gasteiger charge is 2.17. The van der Waals surface area contributed by atoms with Gasteiger partial charge in [0, 0.05) is 13.8 Å². The van der Waals surface area contributed by atoms with Crippen LogP contribution in [0.15, 0.2) is 37.0 Å². The van der Waals surface area contributed by atoms with Crippen LogP contribution in [0.3, 0.4) is 0 Å². The summed E-state index contributed by atoms with van der Waals surface area (Å²) in [5.74, 6) is 0. The number of aliphatic hydroxyl groups is 1. The first kappa shape index (κ1) is 13.7. The van der Waals surface area contributed by atoms with Crippen LogP contribution in [0.1, 0.15) is 22.1 Å². The summed E-state index contributed by atoms with van der Waals surface area (Å²) in [6.45, 7) is 2.01. The minimum atomic E-state index is -0.597. The second-order valence-electron chi connectivity index (χ2n) is 3.63. The Hall–Kier alpha value is 0.320. The summed E-state index contributed by atoms with van der Waals surface area (Å²) in [6, 6.07) is 7.76. The third-order valence-electron chi connectivity index (χ3n) is 2.48. The van der Waals surface area contributed by atoms with Crippen molar-refractivity contribution in [1.82, 2.24) is 0 Å². The number of hydrogen-bond donors (Lipinski definition) is 1. The van der Waals surface area contributed by atoms with Crippen molar-refractivity contribution in [2.75, 3.05) is 0 Å². The smallest absolute Gasteiger partial charge is 0.106 e. The van der Waals surface area contributed by atoms with Crippen LogP contribution in [0.5, 0.6) is 0 Å². The van der Waals surface area contributed by atoms with Gasteiger partial charge in [-0.15, -0.1) is 11.3 Å². The van der Waals surface area contributed by atoms with E-state index in [1.165, 1.54) is 0 Å². The van der Waals surface area contributed by atoms with E-state index in [1.807, 2.05) is 31.2 Å². The Morgan fingerprint density at radius 1 is 1.12 bits per heavy atom. The number of benzene rings is 1. The number of rotatable bonds is 2. The SMILES string of the molecule is Cc1sc(Br)cc1C(O)c1ccc(Br)cc1Br.